The van der Waals surface area contributed by atoms with Crippen LogP contribution >= 0.6 is 0 Å². The van der Waals surface area contributed by atoms with Crippen LogP contribution in [0.3, 0.4) is 0 Å². The van der Waals surface area contributed by atoms with E-state index in [0.29, 0.717) is 6.42 Å². The second-order valence-electron chi connectivity index (χ2n) is 2.93. The number of hydrogen-bond donors (Lipinski definition) is 1. The predicted molar refractivity (Wildman–Crippen MR) is 41.8 cm³/mol. The first-order valence-electron chi connectivity index (χ1n) is 3.47. The Morgan fingerprint density at radius 3 is 2.64 bits per heavy atom. The second kappa shape index (κ2) is 4.13. The molecule has 0 radical (unpaired) electrons. The molecule has 0 aromatic heterocycles. The van der Waals surface area contributed by atoms with Crippen molar-refractivity contribution in [2.24, 2.45) is 5.41 Å². The van der Waals surface area contributed by atoms with Crippen molar-refractivity contribution in [3.8, 4) is 0 Å². The van der Waals surface area contributed by atoms with E-state index in [2.05, 4.69) is 11.3 Å². The van der Waals surface area contributed by atoms with E-state index in [1.165, 1.54) is 0 Å². The van der Waals surface area contributed by atoms with E-state index in [1.807, 2.05) is 0 Å². The van der Waals surface area contributed by atoms with Crippen molar-refractivity contribution in [3.63, 3.8) is 0 Å². The van der Waals surface area contributed by atoms with Crippen molar-refractivity contribution in [2.45, 2.75) is 20.3 Å². The molecule has 0 rings (SSSR count). The summed E-state index contributed by atoms with van der Waals surface area (Å²) in [6, 6.07) is 0. The number of carbonyl (C=O) groups excluding carboxylic acids is 1. The molecular weight excluding hydrogens is 144 g/mol. The number of aliphatic hydroxyl groups is 1. The van der Waals surface area contributed by atoms with Crippen LogP contribution in [0.2, 0.25) is 0 Å². The van der Waals surface area contributed by atoms with Gasteiger partial charge in [0.1, 0.15) is 0 Å². The number of hydrogen-bond acceptors (Lipinski definition) is 3. The smallest absolute Gasteiger partial charge is 0.316 e. The number of aliphatic hydroxyl groups excluding tert-OH is 1. The molecule has 0 spiro atoms. The molecule has 0 saturated carbocycles. The average molecular weight is 158 g/mol. The van der Waals surface area contributed by atoms with E-state index < -0.39 is 5.41 Å². The van der Waals surface area contributed by atoms with E-state index in [1.54, 1.807) is 13.8 Å². The lowest BCUT2D eigenvalue weighted by molar-refractivity contribution is -0.148. The molecule has 64 valence electrons. The van der Waals surface area contributed by atoms with Gasteiger partial charge in [-0.05, 0) is 20.3 Å². The molecule has 0 atom stereocenters. The van der Waals surface area contributed by atoms with Gasteiger partial charge in [-0.3, -0.25) is 4.79 Å². The van der Waals surface area contributed by atoms with E-state index in [9.17, 15) is 4.79 Å². The monoisotopic (exact) mass is 158 g/mol. The van der Waals surface area contributed by atoms with E-state index in [4.69, 9.17) is 5.11 Å². The highest BCUT2D eigenvalue weighted by Crippen LogP contribution is 2.21. The van der Waals surface area contributed by atoms with E-state index >= 15 is 0 Å². The Hall–Kier alpha value is -0.830. The van der Waals surface area contributed by atoms with Crippen LogP contribution in [0.4, 0.5) is 0 Å². The van der Waals surface area contributed by atoms with Gasteiger partial charge in [0.15, 0.2) is 0 Å². The molecule has 0 fully saturated rings. The molecule has 0 heterocycles. The molecule has 3 nitrogen and oxygen atoms in total. The highest BCUT2D eigenvalue weighted by molar-refractivity contribution is 5.76. The van der Waals surface area contributed by atoms with Crippen LogP contribution in [0, 0.1) is 5.41 Å². The molecule has 0 aliphatic rings. The third-order valence-electron chi connectivity index (χ3n) is 1.48. The first-order valence-corrected chi connectivity index (χ1v) is 3.47. The van der Waals surface area contributed by atoms with Gasteiger partial charge in [-0.25, -0.2) is 0 Å². The van der Waals surface area contributed by atoms with Crippen LogP contribution < -0.4 is 0 Å². The van der Waals surface area contributed by atoms with Crippen molar-refractivity contribution in [3.05, 3.63) is 12.8 Å². The van der Waals surface area contributed by atoms with Gasteiger partial charge in [-0.15, -0.1) is 0 Å². The summed E-state index contributed by atoms with van der Waals surface area (Å²) in [5, 5.41) is 8.59. The summed E-state index contributed by atoms with van der Waals surface area (Å²) < 4.78 is 4.57. The third kappa shape index (κ3) is 3.18. The molecule has 0 bridgehead atoms. The molecule has 3 heteroatoms. The molecule has 1 N–H and O–H groups in total. The maximum Gasteiger partial charge on any atom is 0.316 e. The number of carbonyl (C=O) groups is 1. The van der Waals surface area contributed by atoms with Crippen LogP contribution in [-0.4, -0.2) is 17.7 Å². The number of ether oxygens (including phenoxy) is 1. The van der Waals surface area contributed by atoms with Gasteiger partial charge in [-0.1, -0.05) is 6.58 Å². The van der Waals surface area contributed by atoms with Crippen molar-refractivity contribution in [2.75, 3.05) is 6.61 Å². The Bertz CT molecular complexity index is 149. The zero-order valence-electron chi connectivity index (χ0n) is 6.96. The van der Waals surface area contributed by atoms with Crippen molar-refractivity contribution >= 4 is 5.97 Å². The standard InChI is InChI=1S/C8H14O3/c1-4-11-7(10)8(2,3)5-6-9/h4,9H,1,5-6H2,2-3H3. The average Bonchev–Trinajstić information content (AvgIpc) is 1.88. The van der Waals surface area contributed by atoms with Gasteiger partial charge in [0.25, 0.3) is 0 Å². The van der Waals surface area contributed by atoms with Gasteiger partial charge >= 0.3 is 5.97 Å². The fraction of sp³-hybridized carbons (Fsp3) is 0.625. The minimum atomic E-state index is -0.622. The quantitative estimate of drug-likeness (QED) is 0.492. The van der Waals surface area contributed by atoms with Gasteiger partial charge in [0.2, 0.25) is 0 Å². The van der Waals surface area contributed by atoms with Gasteiger partial charge in [0.05, 0.1) is 11.7 Å². The summed E-state index contributed by atoms with van der Waals surface area (Å²) >= 11 is 0. The van der Waals surface area contributed by atoms with Gasteiger partial charge in [-0.2, -0.15) is 0 Å². The minimum Gasteiger partial charge on any atom is -0.435 e. The zero-order valence-corrected chi connectivity index (χ0v) is 6.96. The second-order valence-corrected chi connectivity index (χ2v) is 2.93. The van der Waals surface area contributed by atoms with E-state index in [0.717, 1.165) is 6.26 Å². The van der Waals surface area contributed by atoms with Crippen molar-refractivity contribution < 1.29 is 14.6 Å². The molecule has 0 aromatic rings. The molecule has 11 heavy (non-hydrogen) atoms. The number of esters is 1. The summed E-state index contributed by atoms with van der Waals surface area (Å²) in [4.78, 5) is 11.1. The molecule has 0 aliphatic carbocycles. The Kier molecular flexibility index (Phi) is 3.82. The molecule has 0 aliphatic heterocycles. The van der Waals surface area contributed by atoms with Gasteiger partial charge < -0.3 is 9.84 Å². The lowest BCUT2D eigenvalue weighted by Gasteiger charge is -2.19. The lowest BCUT2D eigenvalue weighted by atomic mass is 9.90. The Morgan fingerprint density at radius 2 is 2.27 bits per heavy atom. The molecule has 0 saturated heterocycles. The predicted octanol–water partition coefficient (Wildman–Crippen LogP) is 1.08. The van der Waals surface area contributed by atoms with Gasteiger partial charge in [0, 0.05) is 6.61 Å². The fourth-order valence-electron chi connectivity index (χ4n) is 0.617. The highest BCUT2D eigenvalue weighted by Gasteiger charge is 2.27. The van der Waals surface area contributed by atoms with Crippen LogP contribution in [0.5, 0.6) is 0 Å². The zero-order chi connectivity index (χ0) is 8.91. The van der Waals surface area contributed by atoms with Crippen molar-refractivity contribution in [1.29, 1.82) is 0 Å². The molecular formula is C8H14O3. The molecule has 0 unspecified atom stereocenters. The normalized spacial score (nSPS) is 10.8. The topological polar surface area (TPSA) is 46.5 Å². The summed E-state index contributed by atoms with van der Waals surface area (Å²) in [5.41, 5.74) is -0.622. The molecule has 0 amide bonds. The number of rotatable bonds is 4. The highest BCUT2D eigenvalue weighted by atomic mass is 16.5. The maximum absolute atomic E-state index is 11.1. The Labute approximate surface area is 66.7 Å². The maximum atomic E-state index is 11.1. The Balaban J connectivity index is 4.04. The van der Waals surface area contributed by atoms with Crippen LogP contribution in [0.15, 0.2) is 12.8 Å². The van der Waals surface area contributed by atoms with E-state index in [-0.39, 0.29) is 12.6 Å². The minimum absolute atomic E-state index is 0.0146. The summed E-state index contributed by atoms with van der Waals surface area (Å²) in [6.45, 7) is 6.69. The summed E-state index contributed by atoms with van der Waals surface area (Å²) in [5.74, 6) is -0.360. The van der Waals surface area contributed by atoms with Crippen LogP contribution in [0.25, 0.3) is 0 Å². The third-order valence-corrected chi connectivity index (χ3v) is 1.48. The molecule has 0 aromatic carbocycles. The lowest BCUT2D eigenvalue weighted by Crippen LogP contribution is -2.26. The van der Waals surface area contributed by atoms with Crippen LogP contribution in [-0.2, 0) is 9.53 Å². The first-order chi connectivity index (χ1) is 5.04. The SMILES string of the molecule is C=COC(=O)C(C)(C)CCO. The van der Waals surface area contributed by atoms with Crippen LogP contribution in [0.1, 0.15) is 20.3 Å². The fourth-order valence-corrected chi connectivity index (χ4v) is 0.617. The van der Waals surface area contributed by atoms with Crippen molar-refractivity contribution in [1.82, 2.24) is 0 Å². The largest absolute Gasteiger partial charge is 0.435 e. The summed E-state index contributed by atoms with van der Waals surface area (Å²) in [6.07, 6.45) is 1.50. The first kappa shape index (κ1) is 10.2. The Morgan fingerprint density at radius 1 is 1.73 bits per heavy atom. The summed E-state index contributed by atoms with van der Waals surface area (Å²) in [7, 11) is 0.